The minimum atomic E-state index is 0.437. The first-order valence-electron chi connectivity index (χ1n) is 9.36. The summed E-state index contributed by atoms with van der Waals surface area (Å²) >= 11 is 0. The van der Waals surface area contributed by atoms with Crippen LogP contribution in [0.1, 0.15) is 71.6 Å². The molecule has 0 amide bonds. The van der Waals surface area contributed by atoms with E-state index in [0.717, 1.165) is 19.3 Å². The smallest absolute Gasteiger partial charge is 0.0478 e. The Labute approximate surface area is 131 Å². The van der Waals surface area contributed by atoms with Crippen molar-refractivity contribution >= 4 is 0 Å². The van der Waals surface area contributed by atoms with E-state index in [4.69, 9.17) is 4.74 Å². The minimum absolute atomic E-state index is 0.437. The summed E-state index contributed by atoms with van der Waals surface area (Å²) in [5.41, 5.74) is 0.437. The van der Waals surface area contributed by atoms with E-state index in [1.54, 1.807) is 0 Å². The van der Waals surface area contributed by atoms with Gasteiger partial charge in [0.05, 0.1) is 0 Å². The summed E-state index contributed by atoms with van der Waals surface area (Å²) in [6.07, 6.45) is 11.9. The summed E-state index contributed by atoms with van der Waals surface area (Å²) in [7, 11) is 0. The van der Waals surface area contributed by atoms with E-state index in [1.165, 1.54) is 77.4 Å². The van der Waals surface area contributed by atoms with Crippen molar-refractivity contribution in [1.82, 2.24) is 10.2 Å². The Bertz CT molecular complexity index is 276. The molecule has 1 saturated heterocycles. The number of nitrogens with one attached hydrogen (secondary N) is 1. The lowest BCUT2D eigenvalue weighted by molar-refractivity contribution is 0.0433. The van der Waals surface area contributed by atoms with Gasteiger partial charge in [-0.05, 0) is 32.1 Å². The average Bonchev–Trinajstić information content (AvgIpc) is 2.52. The summed E-state index contributed by atoms with van der Waals surface area (Å²) < 4.78 is 5.73. The Morgan fingerprint density at radius 1 is 1.10 bits per heavy atom. The fraction of sp³-hybridized carbons (Fsp3) is 1.00. The molecule has 1 N–H and O–H groups in total. The highest BCUT2D eigenvalue weighted by Gasteiger charge is 2.38. The van der Waals surface area contributed by atoms with Crippen LogP contribution < -0.4 is 5.32 Å². The molecule has 0 aromatic heterocycles. The van der Waals surface area contributed by atoms with Crippen molar-refractivity contribution < 1.29 is 4.74 Å². The summed E-state index contributed by atoms with van der Waals surface area (Å²) in [4.78, 5) is 2.75. The van der Waals surface area contributed by atoms with Crippen LogP contribution in [-0.2, 0) is 4.74 Å². The highest BCUT2D eigenvalue weighted by atomic mass is 16.5. The molecule has 1 aliphatic carbocycles. The van der Waals surface area contributed by atoms with Gasteiger partial charge in [-0.1, -0.05) is 39.5 Å². The lowest BCUT2D eigenvalue weighted by atomic mass is 9.79. The lowest BCUT2D eigenvalue weighted by Crippen LogP contribution is -2.64. The second-order valence-electron chi connectivity index (χ2n) is 7.07. The molecular formula is C18H36N2O. The molecule has 3 heteroatoms. The summed E-state index contributed by atoms with van der Waals surface area (Å²) in [6, 6.07) is 0.730. The van der Waals surface area contributed by atoms with Crippen LogP contribution in [-0.4, -0.2) is 49.3 Å². The van der Waals surface area contributed by atoms with Gasteiger partial charge in [-0.3, -0.25) is 4.90 Å². The molecule has 1 unspecified atom stereocenters. The molecular weight excluding hydrogens is 260 g/mol. The zero-order valence-electron chi connectivity index (χ0n) is 14.3. The van der Waals surface area contributed by atoms with Gasteiger partial charge in [0.1, 0.15) is 0 Å². The third-order valence-electron chi connectivity index (χ3n) is 5.39. The van der Waals surface area contributed by atoms with Crippen LogP contribution in [0.2, 0.25) is 0 Å². The standard InChI is InChI=1S/C18H36N2O/c1-3-5-13-21-14-9-12-20-16-18(10-7-6-8-11-18)19-15-17(20)4-2/h17,19H,3-16H2,1-2H3. The molecule has 1 aliphatic heterocycles. The van der Waals surface area contributed by atoms with E-state index >= 15 is 0 Å². The molecule has 0 aromatic rings. The Balaban J connectivity index is 1.74. The maximum Gasteiger partial charge on any atom is 0.0478 e. The normalized spacial score (nSPS) is 26.3. The molecule has 124 valence electrons. The van der Waals surface area contributed by atoms with Crippen molar-refractivity contribution in [3.63, 3.8) is 0 Å². The lowest BCUT2D eigenvalue weighted by Gasteiger charge is -2.49. The van der Waals surface area contributed by atoms with Gasteiger partial charge in [-0.25, -0.2) is 0 Å². The molecule has 1 spiro atoms. The number of unbranched alkanes of at least 4 members (excludes halogenated alkanes) is 1. The molecule has 1 heterocycles. The fourth-order valence-electron chi connectivity index (χ4n) is 3.98. The highest BCUT2D eigenvalue weighted by Crippen LogP contribution is 2.32. The van der Waals surface area contributed by atoms with Crippen molar-refractivity contribution in [2.24, 2.45) is 0 Å². The van der Waals surface area contributed by atoms with Gasteiger partial charge >= 0.3 is 0 Å². The first-order chi connectivity index (χ1) is 10.3. The predicted molar refractivity (Wildman–Crippen MR) is 89.8 cm³/mol. The van der Waals surface area contributed by atoms with Gasteiger partial charge in [0.2, 0.25) is 0 Å². The van der Waals surface area contributed by atoms with Crippen molar-refractivity contribution in [2.45, 2.75) is 83.2 Å². The van der Waals surface area contributed by atoms with Gasteiger partial charge in [-0.15, -0.1) is 0 Å². The quantitative estimate of drug-likeness (QED) is 0.693. The maximum absolute atomic E-state index is 5.73. The van der Waals surface area contributed by atoms with Crippen molar-refractivity contribution in [1.29, 1.82) is 0 Å². The Morgan fingerprint density at radius 2 is 1.86 bits per heavy atom. The van der Waals surface area contributed by atoms with Crippen LogP contribution in [0.25, 0.3) is 0 Å². The number of nitrogens with zero attached hydrogens (tertiary/aromatic N) is 1. The van der Waals surface area contributed by atoms with Gasteiger partial charge in [-0.2, -0.15) is 0 Å². The number of piperazine rings is 1. The van der Waals surface area contributed by atoms with Gasteiger partial charge in [0.15, 0.2) is 0 Å². The topological polar surface area (TPSA) is 24.5 Å². The summed E-state index contributed by atoms with van der Waals surface area (Å²) in [5.74, 6) is 0. The minimum Gasteiger partial charge on any atom is -0.381 e. The molecule has 21 heavy (non-hydrogen) atoms. The molecule has 0 bridgehead atoms. The average molecular weight is 296 g/mol. The first kappa shape index (κ1) is 17.2. The highest BCUT2D eigenvalue weighted by molar-refractivity contribution is 4.99. The van der Waals surface area contributed by atoms with Gasteiger partial charge < -0.3 is 10.1 Å². The predicted octanol–water partition coefficient (Wildman–Crippen LogP) is 3.58. The van der Waals surface area contributed by atoms with Gasteiger partial charge in [0, 0.05) is 44.4 Å². The van der Waals surface area contributed by atoms with Crippen LogP contribution in [0.3, 0.4) is 0 Å². The van der Waals surface area contributed by atoms with Crippen LogP contribution in [0, 0.1) is 0 Å². The molecule has 2 rings (SSSR count). The summed E-state index contributed by atoms with van der Waals surface area (Å²) in [6.45, 7) is 10.1. The number of hydrogen-bond donors (Lipinski definition) is 1. The second-order valence-corrected chi connectivity index (χ2v) is 7.07. The molecule has 1 atom stereocenters. The van der Waals surface area contributed by atoms with Crippen molar-refractivity contribution in [2.75, 3.05) is 32.8 Å². The van der Waals surface area contributed by atoms with Crippen LogP contribution in [0.4, 0.5) is 0 Å². The fourth-order valence-corrected chi connectivity index (χ4v) is 3.98. The van der Waals surface area contributed by atoms with E-state index in [-0.39, 0.29) is 0 Å². The van der Waals surface area contributed by atoms with Gasteiger partial charge in [0.25, 0.3) is 0 Å². The SMILES string of the molecule is CCCCOCCCN1CC2(CCCCC2)NCC1CC. The second kappa shape index (κ2) is 9.12. The Morgan fingerprint density at radius 3 is 2.57 bits per heavy atom. The Hall–Kier alpha value is -0.120. The number of rotatable bonds is 8. The summed E-state index contributed by atoms with van der Waals surface area (Å²) in [5, 5.41) is 3.91. The zero-order chi connectivity index (χ0) is 15.0. The molecule has 1 saturated carbocycles. The van der Waals surface area contributed by atoms with E-state index in [1.807, 2.05) is 0 Å². The molecule has 0 radical (unpaired) electrons. The Kier molecular flexibility index (Phi) is 7.48. The maximum atomic E-state index is 5.73. The first-order valence-corrected chi connectivity index (χ1v) is 9.36. The molecule has 2 fully saturated rings. The monoisotopic (exact) mass is 296 g/mol. The molecule has 2 aliphatic rings. The third-order valence-corrected chi connectivity index (χ3v) is 5.39. The van der Waals surface area contributed by atoms with Crippen molar-refractivity contribution in [3.05, 3.63) is 0 Å². The van der Waals surface area contributed by atoms with Crippen molar-refractivity contribution in [3.8, 4) is 0 Å². The number of ether oxygens (including phenoxy) is 1. The van der Waals surface area contributed by atoms with Crippen LogP contribution in [0.15, 0.2) is 0 Å². The van der Waals surface area contributed by atoms with E-state index < -0.39 is 0 Å². The van der Waals surface area contributed by atoms with Crippen LogP contribution >= 0.6 is 0 Å². The number of hydrogen-bond acceptors (Lipinski definition) is 3. The largest absolute Gasteiger partial charge is 0.381 e. The van der Waals surface area contributed by atoms with E-state index in [2.05, 4.69) is 24.1 Å². The zero-order valence-corrected chi connectivity index (χ0v) is 14.3. The molecule has 0 aromatic carbocycles. The van der Waals surface area contributed by atoms with E-state index in [9.17, 15) is 0 Å². The third kappa shape index (κ3) is 5.22. The molecule has 3 nitrogen and oxygen atoms in total. The van der Waals surface area contributed by atoms with Crippen LogP contribution in [0.5, 0.6) is 0 Å². The van der Waals surface area contributed by atoms with E-state index in [0.29, 0.717) is 5.54 Å².